The molecule has 3 aromatic rings. The largest absolute Gasteiger partial charge is 0.488 e. The molecule has 2 nitrogen and oxygen atoms in total. The van der Waals surface area contributed by atoms with Gasteiger partial charge in [0.2, 0.25) is 0 Å². The van der Waals surface area contributed by atoms with Gasteiger partial charge in [0.1, 0.15) is 24.0 Å². The summed E-state index contributed by atoms with van der Waals surface area (Å²) in [7, 11) is 0. The zero-order valence-electron chi connectivity index (χ0n) is 13.6. The van der Waals surface area contributed by atoms with Gasteiger partial charge in [0.25, 0.3) is 0 Å². The van der Waals surface area contributed by atoms with Crippen LogP contribution in [0.3, 0.4) is 0 Å². The van der Waals surface area contributed by atoms with Gasteiger partial charge in [-0.2, -0.15) is 0 Å². The van der Waals surface area contributed by atoms with Gasteiger partial charge in [-0.1, -0.05) is 30.3 Å². The molecule has 0 radical (unpaired) electrons. The minimum atomic E-state index is -0.662. The van der Waals surface area contributed by atoms with Crippen molar-refractivity contribution in [2.24, 2.45) is 0 Å². The Bertz CT molecular complexity index is 885. The van der Waals surface area contributed by atoms with Crippen LogP contribution < -0.4 is 4.74 Å². The summed E-state index contributed by atoms with van der Waals surface area (Å²) >= 11 is 0. The molecule has 0 amide bonds. The molecule has 0 aromatic heterocycles. The third-order valence-corrected chi connectivity index (χ3v) is 3.85. The molecule has 0 saturated heterocycles. The minimum Gasteiger partial charge on any atom is -0.488 e. The number of aryl methyl sites for hydroxylation is 1. The molecular formula is C21H16F2O2. The second kappa shape index (κ2) is 7.26. The van der Waals surface area contributed by atoms with Crippen LogP contribution in [0.25, 0.3) is 11.1 Å². The molecule has 25 heavy (non-hydrogen) atoms. The first kappa shape index (κ1) is 16.8. The molecule has 0 aliphatic heterocycles. The van der Waals surface area contributed by atoms with Gasteiger partial charge in [0.05, 0.1) is 5.56 Å². The molecule has 126 valence electrons. The van der Waals surface area contributed by atoms with E-state index in [2.05, 4.69) is 0 Å². The van der Waals surface area contributed by atoms with Crippen molar-refractivity contribution in [3.63, 3.8) is 0 Å². The lowest BCUT2D eigenvalue weighted by atomic mass is 9.99. The molecule has 0 saturated carbocycles. The number of hydrogen-bond acceptors (Lipinski definition) is 2. The molecule has 0 aliphatic rings. The summed E-state index contributed by atoms with van der Waals surface area (Å²) < 4.78 is 32.7. The highest BCUT2D eigenvalue weighted by atomic mass is 19.1. The van der Waals surface area contributed by atoms with Crippen molar-refractivity contribution in [3.8, 4) is 16.9 Å². The Kier molecular flexibility index (Phi) is 4.89. The first-order valence-corrected chi connectivity index (χ1v) is 7.80. The van der Waals surface area contributed by atoms with E-state index in [-0.39, 0.29) is 0 Å². The molecule has 0 aliphatic carbocycles. The van der Waals surface area contributed by atoms with Crippen molar-refractivity contribution in [2.75, 3.05) is 0 Å². The van der Waals surface area contributed by atoms with Crippen LogP contribution >= 0.6 is 0 Å². The van der Waals surface area contributed by atoms with E-state index in [1.54, 1.807) is 19.1 Å². The summed E-state index contributed by atoms with van der Waals surface area (Å²) in [5, 5.41) is 0. The van der Waals surface area contributed by atoms with E-state index < -0.39 is 11.6 Å². The molecule has 4 heteroatoms. The van der Waals surface area contributed by atoms with E-state index in [4.69, 9.17) is 4.74 Å². The lowest BCUT2D eigenvalue weighted by molar-refractivity contribution is 0.111. The van der Waals surface area contributed by atoms with Crippen LogP contribution in [0.5, 0.6) is 5.75 Å². The Morgan fingerprint density at radius 1 is 0.920 bits per heavy atom. The minimum absolute atomic E-state index is 0.330. The Balaban J connectivity index is 1.94. The molecule has 0 bridgehead atoms. The molecule has 0 N–H and O–H groups in total. The smallest absolute Gasteiger partial charge is 0.153 e. The van der Waals surface area contributed by atoms with Crippen LogP contribution in [0.15, 0.2) is 60.7 Å². The van der Waals surface area contributed by atoms with Crippen molar-refractivity contribution in [1.82, 2.24) is 0 Å². The standard InChI is InChI=1S/C21H16F2O2/c1-14-7-16(17-9-19(22)11-20(23)10-17)8-18(12-24)21(14)25-13-15-5-3-2-4-6-15/h2-12H,13H2,1H3. The maximum Gasteiger partial charge on any atom is 0.153 e. The fourth-order valence-electron chi connectivity index (χ4n) is 2.70. The summed E-state index contributed by atoms with van der Waals surface area (Å²) in [4.78, 5) is 11.5. The van der Waals surface area contributed by atoms with Gasteiger partial charge in [-0.05, 0) is 53.4 Å². The summed E-state index contributed by atoms with van der Waals surface area (Å²) in [5.74, 6) is -0.853. The van der Waals surface area contributed by atoms with Crippen molar-refractivity contribution < 1.29 is 18.3 Å². The van der Waals surface area contributed by atoms with Crippen molar-refractivity contribution in [3.05, 3.63) is 89.0 Å². The van der Waals surface area contributed by atoms with Gasteiger partial charge in [-0.25, -0.2) is 8.78 Å². The monoisotopic (exact) mass is 338 g/mol. The van der Waals surface area contributed by atoms with Gasteiger partial charge in [0.15, 0.2) is 6.29 Å². The van der Waals surface area contributed by atoms with Gasteiger partial charge in [-0.15, -0.1) is 0 Å². The summed E-state index contributed by atoms with van der Waals surface area (Å²) in [5.41, 5.74) is 2.98. The number of hydrogen-bond donors (Lipinski definition) is 0. The fraction of sp³-hybridized carbons (Fsp3) is 0.0952. The number of benzene rings is 3. The highest BCUT2D eigenvalue weighted by Crippen LogP contribution is 2.31. The first-order valence-electron chi connectivity index (χ1n) is 7.80. The molecule has 3 rings (SSSR count). The third-order valence-electron chi connectivity index (χ3n) is 3.85. The van der Waals surface area contributed by atoms with E-state index in [9.17, 15) is 13.6 Å². The van der Waals surface area contributed by atoms with Crippen molar-refractivity contribution in [1.29, 1.82) is 0 Å². The Morgan fingerprint density at radius 3 is 2.20 bits per heavy atom. The van der Waals surface area contributed by atoms with Crippen LogP contribution in [0.4, 0.5) is 8.78 Å². The van der Waals surface area contributed by atoms with Crippen LogP contribution in [0.2, 0.25) is 0 Å². The second-order valence-electron chi connectivity index (χ2n) is 5.76. The molecule has 0 atom stereocenters. The molecular weight excluding hydrogens is 322 g/mol. The first-order chi connectivity index (χ1) is 12.1. The van der Waals surface area contributed by atoms with Gasteiger partial charge in [-0.3, -0.25) is 4.79 Å². The number of rotatable bonds is 5. The summed E-state index contributed by atoms with van der Waals surface area (Å²) in [6.45, 7) is 2.13. The predicted molar refractivity (Wildman–Crippen MR) is 92.7 cm³/mol. The van der Waals surface area contributed by atoms with Crippen molar-refractivity contribution in [2.45, 2.75) is 13.5 Å². The van der Waals surface area contributed by atoms with Crippen LogP contribution in [0.1, 0.15) is 21.5 Å². The van der Waals surface area contributed by atoms with Gasteiger partial charge < -0.3 is 4.74 Å². The maximum atomic E-state index is 13.5. The second-order valence-corrected chi connectivity index (χ2v) is 5.76. The van der Waals surface area contributed by atoms with E-state index in [1.165, 1.54) is 12.1 Å². The van der Waals surface area contributed by atoms with E-state index in [0.717, 1.165) is 17.2 Å². The molecule has 0 fully saturated rings. The average molecular weight is 338 g/mol. The SMILES string of the molecule is Cc1cc(-c2cc(F)cc(F)c2)cc(C=O)c1OCc1ccccc1. The normalized spacial score (nSPS) is 10.5. The fourth-order valence-corrected chi connectivity index (χ4v) is 2.70. The Hall–Kier alpha value is -3.01. The lowest BCUT2D eigenvalue weighted by Crippen LogP contribution is -2.01. The number of carbonyl (C=O) groups is 1. The number of halogens is 2. The van der Waals surface area contributed by atoms with E-state index in [0.29, 0.717) is 35.3 Å². The summed E-state index contributed by atoms with van der Waals surface area (Å²) in [6, 6.07) is 16.2. The van der Waals surface area contributed by atoms with Crippen LogP contribution in [-0.4, -0.2) is 6.29 Å². The molecule has 0 heterocycles. The molecule has 0 unspecified atom stereocenters. The van der Waals surface area contributed by atoms with Gasteiger partial charge >= 0.3 is 0 Å². The van der Waals surface area contributed by atoms with Crippen LogP contribution in [0, 0.1) is 18.6 Å². The highest BCUT2D eigenvalue weighted by molar-refractivity contribution is 5.84. The summed E-state index contributed by atoms with van der Waals surface area (Å²) in [6.07, 6.45) is 0.687. The molecule has 3 aromatic carbocycles. The predicted octanol–water partition coefficient (Wildman–Crippen LogP) is 5.33. The van der Waals surface area contributed by atoms with E-state index in [1.807, 2.05) is 30.3 Å². The zero-order chi connectivity index (χ0) is 17.8. The maximum absolute atomic E-state index is 13.5. The van der Waals surface area contributed by atoms with Crippen molar-refractivity contribution >= 4 is 6.29 Å². The Morgan fingerprint density at radius 2 is 1.56 bits per heavy atom. The number of carbonyl (C=O) groups excluding carboxylic acids is 1. The highest BCUT2D eigenvalue weighted by Gasteiger charge is 2.12. The zero-order valence-corrected chi connectivity index (χ0v) is 13.6. The van der Waals surface area contributed by atoms with Crippen LogP contribution in [-0.2, 0) is 6.61 Å². The average Bonchev–Trinajstić information content (AvgIpc) is 2.60. The number of aldehydes is 1. The van der Waals surface area contributed by atoms with E-state index >= 15 is 0 Å². The number of ether oxygens (including phenoxy) is 1. The topological polar surface area (TPSA) is 26.3 Å². The quantitative estimate of drug-likeness (QED) is 0.588. The lowest BCUT2D eigenvalue weighted by Gasteiger charge is -2.14. The third kappa shape index (κ3) is 3.91. The Labute approximate surface area is 144 Å². The molecule has 0 spiro atoms. The van der Waals surface area contributed by atoms with Gasteiger partial charge in [0, 0.05) is 6.07 Å².